The van der Waals surface area contributed by atoms with Crippen LogP contribution in [0.2, 0.25) is 0 Å². The molecule has 1 saturated heterocycles. The number of aliphatic hydroxyl groups is 1. The Hall–Kier alpha value is -2.95. The zero-order chi connectivity index (χ0) is 24.2. The van der Waals surface area contributed by atoms with Gasteiger partial charge in [-0.05, 0) is 49.7 Å². The fourth-order valence-corrected chi connectivity index (χ4v) is 4.67. The van der Waals surface area contributed by atoms with E-state index in [4.69, 9.17) is 15.2 Å². The van der Waals surface area contributed by atoms with E-state index in [1.807, 2.05) is 4.68 Å². The summed E-state index contributed by atoms with van der Waals surface area (Å²) in [5.41, 5.74) is 9.59. The van der Waals surface area contributed by atoms with Crippen molar-refractivity contribution in [3.8, 4) is 5.75 Å². The molecule has 1 aliphatic carbocycles. The van der Waals surface area contributed by atoms with Gasteiger partial charge in [0.1, 0.15) is 16.8 Å². The lowest BCUT2D eigenvalue weighted by atomic mass is 10.1. The molecular weight excluding hydrogens is 446 g/mol. The molecule has 10 heteroatoms. The highest BCUT2D eigenvalue weighted by atomic mass is 16.5. The second kappa shape index (κ2) is 10.8. The number of hydrogen-bond donors (Lipinski definition) is 4. The van der Waals surface area contributed by atoms with Crippen molar-refractivity contribution in [2.24, 2.45) is 5.92 Å². The molecule has 10 nitrogen and oxygen atoms in total. The van der Waals surface area contributed by atoms with Gasteiger partial charge in [0.05, 0.1) is 26.0 Å². The molecular formula is C25H35N7O3. The number of nitrogens with one attached hydrogen (secondary N) is 2. The van der Waals surface area contributed by atoms with Gasteiger partial charge < -0.3 is 30.9 Å². The Balaban J connectivity index is 1.30. The van der Waals surface area contributed by atoms with Crippen LogP contribution in [0.15, 0.2) is 24.4 Å². The first-order valence-corrected chi connectivity index (χ1v) is 12.5. The molecule has 1 aliphatic heterocycles. The van der Waals surface area contributed by atoms with E-state index in [1.54, 1.807) is 13.3 Å². The number of anilines is 2. The van der Waals surface area contributed by atoms with E-state index in [0.717, 1.165) is 62.3 Å². The van der Waals surface area contributed by atoms with Gasteiger partial charge in [0.2, 0.25) is 5.95 Å². The molecule has 5 rings (SSSR count). The van der Waals surface area contributed by atoms with Crippen LogP contribution in [0.1, 0.15) is 43.2 Å². The van der Waals surface area contributed by atoms with E-state index in [0.29, 0.717) is 42.8 Å². The number of methoxy groups -OCH3 is 1. The highest BCUT2D eigenvalue weighted by Crippen LogP contribution is 2.34. The topological polar surface area (TPSA) is 132 Å². The van der Waals surface area contributed by atoms with E-state index < -0.39 is 0 Å². The van der Waals surface area contributed by atoms with Crippen LogP contribution in [-0.2, 0) is 17.8 Å². The van der Waals surface area contributed by atoms with Crippen LogP contribution in [-0.4, -0.2) is 63.9 Å². The molecule has 1 aromatic carbocycles. The Morgan fingerprint density at radius 2 is 2.06 bits per heavy atom. The average molecular weight is 482 g/mol. The lowest BCUT2D eigenvalue weighted by Gasteiger charge is -2.23. The predicted molar refractivity (Wildman–Crippen MR) is 134 cm³/mol. The molecule has 0 radical (unpaired) electrons. The summed E-state index contributed by atoms with van der Waals surface area (Å²) in [5.74, 6) is 2.09. The maximum absolute atomic E-state index is 10.2. The number of ether oxygens (including phenoxy) is 2. The van der Waals surface area contributed by atoms with Crippen molar-refractivity contribution in [1.82, 2.24) is 25.1 Å². The van der Waals surface area contributed by atoms with Gasteiger partial charge in [-0.15, -0.1) is 0 Å². The van der Waals surface area contributed by atoms with Crippen molar-refractivity contribution in [3.63, 3.8) is 0 Å². The first kappa shape index (κ1) is 23.8. The number of nitrogens with two attached hydrogens (primary N) is 1. The molecule has 2 aliphatic rings. The summed E-state index contributed by atoms with van der Waals surface area (Å²) in [7, 11) is 1.69. The first-order chi connectivity index (χ1) is 17.1. The number of fused-ring (bicyclic) bond motifs is 1. The molecule has 1 saturated carbocycles. The summed E-state index contributed by atoms with van der Waals surface area (Å²) in [4.78, 5) is 8.77. The summed E-state index contributed by atoms with van der Waals surface area (Å²) in [5, 5.41) is 21.7. The van der Waals surface area contributed by atoms with E-state index in [9.17, 15) is 5.11 Å². The Morgan fingerprint density at radius 3 is 2.83 bits per heavy atom. The third-order valence-electron chi connectivity index (χ3n) is 6.89. The zero-order valence-corrected chi connectivity index (χ0v) is 20.2. The zero-order valence-electron chi connectivity index (χ0n) is 20.2. The van der Waals surface area contributed by atoms with E-state index in [-0.39, 0.29) is 12.1 Å². The van der Waals surface area contributed by atoms with E-state index in [1.165, 1.54) is 5.56 Å². The second-order valence-electron chi connectivity index (χ2n) is 9.50. The minimum atomic E-state index is -0.272. The largest absolute Gasteiger partial charge is 0.496 e. The van der Waals surface area contributed by atoms with Gasteiger partial charge in [0.15, 0.2) is 5.82 Å². The van der Waals surface area contributed by atoms with Crippen LogP contribution >= 0.6 is 0 Å². The lowest BCUT2D eigenvalue weighted by Crippen LogP contribution is -2.34. The van der Waals surface area contributed by atoms with Crippen molar-refractivity contribution in [2.75, 3.05) is 37.9 Å². The highest BCUT2D eigenvalue weighted by molar-refractivity contribution is 5.86. The Bertz CT molecular complexity index is 1140. The molecule has 2 fully saturated rings. The Kier molecular flexibility index (Phi) is 7.31. The Labute approximate surface area is 205 Å². The van der Waals surface area contributed by atoms with Gasteiger partial charge in [-0.2, -0.15) is 10.1 Å². The van der Waals surface area contributed by atoms with Crippen LogP contribution in [0.3, 0.4) is 0 Å². The number of aromatic nitrogens is 4. The number of benzene rings is 1. The van der Waals surface area contributed by atoms with Gasteiger partial charge in [0.25, 0.3) is 0 Å². The minimum Gasteiger partial charge on any atom is -0.496 e. The van der Waals surface area contributed by atoms with Crippen molar-refractivity contribution < 1.29 is 14.6 Å². The van der Waals surface area contributed by atoms with Crippen molar-refractivity contribution in [2.45, 2.75) is 57.3 Å². The van der Waals surface area contributed by atoms with Gasteiger partial charge in [-0.1, -0.05) is 12.1 Å². The van der Waals surface area contributed by atoms with Crippen LogP contribution in [0.4, 0.5) is 11.8 Å². The number of nitrogens with zero attached hydrogens (tertiary/aromatic N) is 4. The summed E-state index contributed by atoms with van der Waals surface area (Å²) in [6, 6.07) is 6.79. The van der Waals surface area contributed by atoms with Crippen molar-refractivity contribution in [1.29, 1.82) is 0 Å². The molecule has 3 aromatic rings. The number of aliphatic hydroxyl groups excluding tert-OH is 1. The maximum atomic E-state index is 10.2. The normalized spacial score (nSPS) is 17.5. The third kappa shape index (κ3) is 5.83. The number of rotatable bonds is 11. The SMILES string of the molecule is COc1cc(CNC2CCOCC2)ccc1Cn1ncc2nc(N)nc(NCC[C@H](O)C3CC3)c21. The minimum absolute atomic E-state index is 0.196. The van der Waals surface area contributed by atoms with Gasteiger partial charge >= 0.3 is 0 Å². The molecule has 5 N–H and O–H groups in total. The molecule has 0 amide bonds. The standard InChI is InChI=1S/C25H35N7O3/c1-34-22-12-16(13-28-19-7-10-35-11-8-19)2-3-18(22)15-32-23-20(14-29-32)30-25(26)31-24(23)27-9-6-21(33)17-4-5-17/h2-3,12,14,17,19,21,28,33H,4-11,13,15H2,1H3,(H3,26,27,30,31)/t21-/m0/s1. The molecule has 35 heavy (non-hydrogen) atoms. The average Bonchev–Trinajstić information content (AvgIpc) is 3.65. The molecule has 0 bridgehead atoms. The summed E-state index contributed by atoms with van der Waals surface area (Å²) in [6.07, 6.45) is 6.42. The fourth-order valence-electron chi connectivity index (χ4n) is 4.67. The van der Waals surface area contributed by atoms with E-state index in [2.05, 4.69) is 43.9 Å². The van der Waals surface area contributed by atoms with Gasteiger partial charge in [-0.25, -0.2) is 4.98 Å². The quantitative estimate of drug-likeness (QED) is 0.326. The van der Waals surface area contributed by atoms with Gasteiger partial charge in [-0.3, -0.25) is 4.68 Å². The second-order valence-corrected chi connectivity index (χ2v) is 9.50. The Morgan fingerprint density at radius 1 is 1.23 bits per heavy atom. The first-order valence-electron chi connectivity index (χ1n) is 12.5. The fraction of sp³-hybridized carbons (Fsp3) is 0.560. The van der Waals surface area contributed by atoms with E-state index >= 15 is 0 Å². The molecule has 0 unspecified atom stereocenters. The molecule has 0 spiro atoms. The number of nitrogen functional groups attached to an aromatic ring is 1. The summed E-state index contributed by atoms with van der Waals surface area (Å²) >= 11 is 0. The van der Waals surface area contributed by atoms with Gasteiger partial charge in [0, 0.05) is 37.9 Å². The number of hydrogen-bond acceptors (Lipinski definition) is 9. The van der Waals surface area contributed by atoms with Crippen LogP contribution in [0.5, 0.6) is 5.75 Å². The highest BCUT2D eigenvalue weighted by Gasteiger charge is 2.29. The van der Waals surface area contributed by atoms with Crippen LogP contribution in [0, 0.1) is 5.92 Å². The van der Waals surface area contributed by atoms with Crippen molar-refractivity contribution >= 4 is 22.8 Å². The summed E-state index contributed by atoms with van der Waals surface area (Å²) in [6.45, 7) is 3.55. The lowest BCUT2D eigenvalue weighted by molar-refractivity contribution is 0.0776. The monoisotopic (exact) mass is 481 g/mol. The molecule has 3 heterocycles. The molecule has 188 valence electrons. The van der Waals surface area contributed by atoms with Crippen LogP contribution < -0.4 is 21.1 Å². The van der Waals surface area contributed by atoms with Crippen molar-refractivity contribution in [3.05, 3.63) is 35.5 Å². The molecule has 2 aromatic heterocycles. The van der Waals surface area contributed by atoms with Crippen LogP contribution in [0.25, 0.3) is 11.0 Å². The predicted octanol–water partition coefficient (Wildman–Crippen LogP) is 2.31. The summed E-state index contributed by atoms with van der Waals surface area (Å²) < 4.78 is 13.0. The maximum Gasteiger partial charge on any atom is 0.222 e. The smallest absolute Gasteiger partial charge is 0.222 e. The molecule has 1 atom stereocenters. The third-order valence-corrected chi connectivity index (χ3v) is 6.89.